The maximum absolute atomic E-state index is 14.6. The van der Waals surface area contributed by atoms with Gasteiger partial charge in [0.15, 0.2) is 11.9 Å². The molecule has 20 N–H and O–H groups in total. The van der Waals surface area contributed by atoms with Crippen LogP contribution in [-0.4, -0.2) is 216 Å². The molecule has 0 aromatic heterocycles. The number of nitrogens with two attached hydrogens (primary N) is 4. The molecule has 11 rings (SSSR count). The first-order valence-electron chi connectivity index (χ1n) is 43.6. The number of hydrogen-bond donors (Lipinski definition) is 16. The monoisotopic (exact) mass is 1750 g/mol. The topological polar surface area (TPSA) is 519 Å². The van der Waals surface area contributed by atoms with Gasteiger partial charge in [-0.15, -0.1) is 0 Å². The second-order valence-electron chi connectivity index (χ2n) is 32.4. The van der Waals surface area contributed by atoms with Crippen molar-refractivity contribution in [1.29, 1.82) is 0 Å². The van der Waals surface area contributed by atoms with Crippen molar-refractivity contribution < 1.29 is 67.1 Å². The lowest BCUT2D eigenvalue weighted by Gasteiger charge is -2.31. The van der Waals surface area contributed by atoms with E-state index in [4.69, 9.17) is 22.9 Å². The van der Waals surface area contributed by atoms with Gasteiger partial charge in [-0.05, 0) is 121 Å². The molecule has 128 heavy (non-hydrogen) atoms. The van der Waals surface area contributed by atoms with Crippen LogP contribution in [0.1, 0.15) is 124 Å². The molecule has 7 aromatic rings. The summed E-state index contributed by atoms with van der Waals surface area (Å²) in [7, 11) is 0. The number of nitrogens with one attached hydrogen (secondary N) is 12. The molecule has 4 saturated heterocycles. The zero-order valence-corrected chi connectivity index (χ0v) is 72.2. The standard InChI is InChI=1S/C49H60N10O7.C45H58N10O7/c1-31(60)54-39(28-32-14-4-2-5-15-32)44(62)56-38-23-12-25-52-43(61)37(22-11-26-53-49(50)51)55-46(64)41(30-35-20-10-19-34-18-8-9-21-36(34)35)57-45(63)40(29-33-16-6-3-7-17-33)58-47(65)42-24-13-27-59(42)48(38)66;1-29(56)50-35(26-30-14-5-2-6-15-30)40(58)52-34-21-12-23-48-39(57)33(20-11-24-49-45(46)47)51-41(59)36(27-31-16-7-3-8-17-31)53-42(60)37(28-32-18-9-4-10-19-32)54-43(61)38-22-13-25-55(38)44(34)62/h2-10,14-21,37-42H,11-13,22-30H2,1H3,(H,52,61)(H,54,60)(H,55,64)(H,56,62)(H,57,63)(H,58,65)(H4,50,51,53);2-10,14-19,33-38H,11-13,20-28H2,1H3,(H,48,57)(H,50,56)(H,51,59)(H,52,58)(H,53,60)(H,54,61)(H4,46,47,49)/t37-,38?,39-,40+,41-,42-;33-,34?,35-,36-,37+,38-/m00/s1. The van der Waals surface area contributed by atoms with Crippen molar-refractivity contribution in [2.45, 2.75) is 202 Å². The van der Waals surface area contributed by atoms with Crippen LogP contribution < -0.4 is 86.7 Å². The summed E-state index contributed by atoms with van der Waals surface area (Å²) in [6.07, 6.45) is 3.63. The molecular formula is C94H118N20O14. The molecule has 0 aliphatic carbocycles. The Morgan fingerprint density at radius 2 is 0.703 bits per heavy atom. The van der Waals surface area contributed by atoms with Gasteiger partial charge in [0, 0.05) is 91.6 Å². The number of carbonyl (C=O) groups is 14. The Kier molecular flexibility index (Phi) is 36.8. The molecule has 0 radical (unpaired) electrons. The summed E-state index contributed by atoms with van der Waals surface area (Å²) in [6.45, 7) is 3.53. The highest BCUT2D eigenvalue weighted by Crippen LogP contribution is 2.26. The Labute approximate surface area is 744 Å². The van der Waals surface area contributed by atoms with E-state index in [1.165, 1.54) is 23.6 Å². The van der Waals surface area contributed by atoms with Gasteiger partial charge in [0.1, 0.15) is 72.5 Å². The number of rotatable bonds is 26. The summed E-state index contributed by atoms with van der Waals surface area (Å²) in [4.78, 5) is 206. The molecule has 0 saturated carbocycles. The van der Waals surface area contributed by atoms with E-state index in [2.05, 4.69) is 73.8 Å². The number of aliphatic imine (C=N–C) groups is 2. The Morgan fingerprint density at radius 3 is 1.07 bits per heavy atom. The lowest BCUT2D eigenvalue weighted by molar-refractivity contribution is -0.142. The van der Waals surface area contributed by atoms with Crippen LogP contribution in [0.4, 0.5) is 0 Å². The number of carbonyl (C=O) groups excluding carboxylic acids is 14. The first kappa shape index (κ1) is 96.1. The summed E-state index contributed by atoms with van der Waals surface area (Å²) in [5, 5.41) is 35.9. The number of benzene rings is 7. The van der Waals surface area contributed by atoms with Gasteiger partial charge in [-0.25, -0.2) is 0 Å². The fourth-order valence-electron chi connectivity index (χ4n) is 16.2. The molecule has 7 aromatic carbocycles. The normalized spacial score (nSPS) is 21.7. The fourth-order valence-corrected chi connectivity index (χ4v) is 16.2. The van der Waals surface area contributed by atoms with Crippen LogP contribution in [0.15, 0.2) is 204 Å². The Balaban J connectivity index is 0.000000267. The molecule has 2 unspecified atom stereocenters. The van der Waals surface area contributed by atoms with Crippen molar-refractivity contribution in [2.24, 2.45) is 32.9 Å². The molecule has 4 heterocycles. The Morgan fingerprint density at radius 1 is 0.375 bits per heavy atom. The Hall–Kier alpha value is -14.1. The molecule has 0 spiro atoms. The van der Waals surface area contributed by atoms with E-state index in [-0.39, 0.29) is 128 Å². The molecule has 0 bridgehead atoms. The van der Waals surface area contributed by atoms with Crippen LogP contribution in [-0.2, 0) is 106 Å². The maximum atomic E-state index is 14.6. The van der Waals surface area contributed by atoms with E-state index < -0.39 is 155 Å². The minimum absolute atomic E-state index is 0.0547. The number of amides is 14. The minimum Gasteiger partial charge on any atom is -0.370 e. The molecule has 4 aliphatic rings. The van der Waals surface area contributed by atoms with Gasteiger partial charge in [0.05, 0.1) is 0 Å². The summed E-state index contributed by atoms with van der Waals surface area (Å²) < 4.78 is 0. The molecule has 34 heteroatoms. The highest BCUT2D eigenvalue weighted by Gasteiger charge is 2.43. The second kappa shape index (κ2) is 49.0. The molecular weight excluding hydrogens is 1630 g/mol. The third-order valence-electron chi connectivity index (χ3n) is 22.6. The average Bonchev–Trinajstić information content (AvgIpc) is 1.46. The van der Waals surface area contributed by atoms with Crippen molar-refractivity contribution in [3.8, 4) is 0 Å². The van der Waals surface area contributed by atoms with Gasteiger partial charge >= 0.3 is 0 Å². The summed E-state index contributed by atoms with van der Waals surface area (Å²) in [6, 6.07) is 45.7. The van der Waals surface area contributed by atoms with Crippen molar-refractivity contribution in [1.82, 2.24) is 73.6 Å². The van der Waals surface area contributed by atoms with Crippen LogP contribution in [0.2, 0.25) is 0 Å². The number of nitrogens with zero attached hydrogens (tertiary/aromatic N) is 4. The van der Waals surface area contributed by atoms with Gasteiger partial charge in [-0.3, -0.25) is 77.1 Å². The fraction of sp³-hybridized carbons (Fsp3) is 0.404. The largest absolute Gasteiger partial charge is 0.370 e. The summed E-state index contributed by atoms with van der Waals surface area (Å²) >= 11 is 0. The zero-order valence-electron chi connectivity index (χ0n) is 72.2. The zero-order chi connectivity index (χ0) is 91.4. The number of guanidine groups is 2. The Bertz CT molecular complexity index is 5020. The van der Waals surface area contributed by atoms with Crippen molar-refractivity contribution in [3.63, 3.8) is 0 Å². The van der Waals surface area contributed by atoms with Crippen molar-refractivity contribution in [2.75, 3.05) is 39.3 Å². The van der Waals surface area contributed by atoms with Gasteiger partial charge in [-0.1, -0.05) is 194 Å². The van der Waals surface area contributed by atoms with Crippen LogP contribution >= 0.6 is 0 Å². The third kappa shape index (κ3) is 29.8. The first-order valence-corrected chi connectivity index (χ1v) is 43.6. The predicted octanol–water partition coefficient (Wildman–Crippen LogP) is 1.38. The molecule has 34 nitrogen and oxygen atoms in total. The number of hydrogen-bond acceptors (Lipinski definition) is 16. The smallest absolute Gasteiger partial charge is 0.245 e. The lowest BCUT2D eigenvalue weighted by Crippen LogP contribution is -2.60. The molecule has 4 aliphatic heterocycles. The average molecular weight is 1750 g/mol. The number of fused-ring (bicyclic) bond motifs is 3. The first-order chi connectivity index (χ1) is 61.7. The van der Waals surface area contributed by atoms with Crippen LogP contribution in [0, 0.1) is 0 Å². The molecule has 14 amide bonds. The highest BCUT2D eigenvalue weighted by molar-refractivity contribution is 6.00. The van der Waals surface area contributed by atoms with Crippen molar-refractivity contribution in [3.05, 3.63) is 228 Å². The molecule has 4 fully saturated rings. The second-order valence-corrected chi connectivity index (χ2v) is 32.4. The van der Waals surface area contributed by atoms with Gasteiger partial charge in [0.25, 0.3) is 0 Å². The molecule has 678 valence electrons. The summed E-state index contributed by atoms with van der Waals surface area (Å²) in [5.74, 6) is -8.01. The predicted molar refractivity (Wildman–Crippen MR) is 483 cm³/mol. The van der Waals surface area contributed by atoms with E-state index >= 15 is 0 Å². The van der Waals surface area contributed by atoms with E-state index in [9.17, 15) is 67.1 Å². The van der Waals surface area contributed by atoms with Gasteiger partial charge in [-0.2, -0.15) is 0 Å². The van der Waals surface area contributed by atoms with Crippen molar-refractivity contribution >= 4 is 105 Å². The minimum atomic E-state index is -1.19. The maximum Gasteiger partial charge on any atom is 0.245 e. The van der Waals surface area contributed by atoms with Crippen LogP contribution in [0.5, 0.6) is 0 Å². The lowest BCUT2D eigenvalue weighted by atomic mass is 9.97. The molecule has 12 atom stereocenters. The van der Waals surface area contributed by atoms with E-state index in [1.54, 1.807) is 0 Å². The SMILES string of the molecule is CC(=O)N[C@@H](Cc1ccccc1)C(=O)NC1CCCNC(=O)[C@H](CCCN=C(N)N)NC(=O)[C@H](Cc2cccc3ccccc23)NC(=O)[C@@H](Cc2ccccc2)NC(=O)[C@@H]2CCCN2C1=O.CC(=O)N[C@@H](Cc1ccccc1)C(=O)NC1CCCNC(=O)[C@H](CCCN=C(N)N)NC(=O)[C@H](Cc2ccccc2)NC(=O)[C@@H](Cc2ccccc2)NC(=O)[C@@H]2CCCN2C1=O. The third-order valence-corrected chi connectivity index (χ3v) is 22.6. The van der Waals surface area contributed by atoms with E-state index in [1.807, 2.05) is 194 Å². The van der Waals surface area contributed by atoms with Crippen LogP contribution in [0.3, 0.4) is 0 Å². The van der Waals surface area contributed by atoms with Gasteiger partial charge in [0.2, 0.25) is 82.7 Å². The summed E-state index contributed by atoms with van der Waals surface area (Å²) in [5.41, 5.74) is 26.7. The van der Waals surface area contributed by atoms with E-state index in [0.29, 0.717) is 38.5 Å². The quantitative estimate of drug-likeness (QED) is 0.0207. The van der Waals surface area contributed by atoms with Gasteiger partial charge < -0.3 is 96.5 Å². The van der Waals surface area contributed by atoms with Crippen LogP contribution in [0.25, 0.3) is 10.8 Å². The van der Waals surface area contributed by atoms with E-state index in [0.717, 1.165) is 44.2 Å². The highest BCUT2D eigenvalue weighted by atomic mass is 16.2.